The predicted octanol–water partition coefficient (Wildman–Crippen LogP) is 1.94. The lowest BCUT2D eigenvalue weighted by Crippen LogP contribution is -2.20. The molecule has 0 aliphatic heterocycles. The van der Waals surface area contributed by atoms with E-state index in [2.05, 4.69) is 31.7 Å². The van der Waals surface area contributed by atoms with E-state index in [1.807, 2.05) is 20.2 Å². The number of anilines is 1. The highest BCUT2D eigenvalue weighted by Crippen LogP contribution is 2.18. The second kappa shape index (κ2) is 5.25. The summed E-state index contributed by atoms with van der Waals surface area (Å²) in [6.07, 6.45) is 1.81. The molecule has 0 saturated heterocycles. The molecular weight excluding hydrogens is 232 g/mol. The van der Waals surface area contributed by atoms with E-state index in [4.69, 9.17) is 5.73 Å². The van der Waals surface area contributed by atoms with Crippen LogP contribution in [0.5, 0.6) is 0 Å². The molecule has 2 aromatic rings. The maximum Gasteiger partial charge on any atom is 0.136 e. The third kappa shape index (κ3) is 2.81. The summed E-state index contributed by atoms with van der Waals surface area (Å²) in [5.41, 5.74) is 7.98. The zero-order valence-electron chi connectivity index (χ0n) is 10.1. The average Bonchev–Trinajstić information content (AvgIpc) is 2.81. The van der Waals surface area contributed by atoms with E-state index >= 15 is 0 Å². The Kier molecular flexibility index (Phi) is 3.71. The Hall–Kier alpha value is -1.46. The Morgan fingerprint density at radius 3 is 2.94 bits per heavy atom. The van der Waals surface area contributed by atoms with Gasteiger partial charge in [-0.3, -0.25) is 0 Å². The molecule has 2 N–H and O–H groups in total. The molecule has 0 radical (unpaired) electrons. The molecule has 0 saturated carbocycles. The first kappa shape index (κ1) is 12.0. The van der Waals surface area contributed by atoms with Crippen molar-refractivity contribution in [3.05, 3.63) is 40.0 Å². The second-order valence-electron chi connectivity index (χ2n) is 3.96. The van der Waals surface area contributed by atoms with Crippen LogP contribution in [-0.2, 0) is 13.1 Å². The van der Waals surface area contributed by atoms with Crippen molar-refractivity contribution in [3.63, 3.8) is 0 Å². The first-order chi connectivity index (χ1) is 8.20. The molecule has 5 heteroatoms. The highest BCUT2D eigenvalue weighted by molar-refractivity contribution is 7.07. The summed E-state index contributed by atoms with van der Waals surface area (Å²) < 4.78 is 0. The van der Waals surface area contributed by atoms with Crippen LogP contribution in [0.1, 0.15) is 17.0 Å². The lowest BCUT2D eigenvalue weighted by Gasteiger charge is -2.20. The molecular formula is C12H16N4S. The molecule has 2 rings (SSSR count). The second-order valence-corrected chi connectivity index (χ2v) is 4.74. The minimum Gasteiger partial charge on any atom is -0.355 e. The van der Waals surface area contributed by atoms with Gasteiger partial charge in [-0.1, -0.05) is 0 Å². The molecule has 0 aromatic carbocycles. The Morgan fingerprint density at radius 2 is 2.29 bits per heavy atom. The van der Waals surface area contributed by atoms with Gasteiger partial charge in [0.05, 0.1) is 0 Å². The summed E-state index contributed by atoms with van der Waals surface area (Å²) >= 11 is 1.71. The minimum atomic E-state index is 0.462. The van der Waals surface area contributed by atoms with Crippen LogP contribution in [0.4, 0.5) is 5.82 Å². The molecule has 0 unspecified atom stereocenters. The Labute approximate surface area is 105 Å². The van der Waals surface area contributed by atoms with E-state index in [1.54, 1.807) is 11.3 Å². The summed E-state index contributed by atoms with van der Waals surface area (Å²) in [5, 5.41) is 4.23. The van der Waals surface area contributed by atoms with Crippen LogP contribution >= 0.6 is 11.3 Å². The highest BCUT2D eigenvalue weighted by atomic mass is 32.1. The minimum absolute atomic E-state index is 0.462. The number of thiophene rings is 1. The predicted molar refractivity (Wildman–Crippen MR) is 71.1 cm³/mol. The van der Waals surface area contributed by atoms with Gasteiger partial charge in [0.2, 0.25) is 0 Å². The quantitative estimate of drug-likeness (QED) is 0.898. The summed E-state index contributed by atoms with van der Waals surface area (Å²) in [6, 6.07) is 2.12. The number of rotatable bonds is 4. The molecule has 0 aliphatic carbocycles. The van der Waals surface area contributed by atoms with E-state index in [0.29, 0.717) is 6.54 Å². The van der Waals surface area contributed by atoms with Crippen LogP contribution < -0.4 is 10.6 Å². The molecule has 4 nitrogen and oxygen atoms in total. The molecule has 90 valence electrons. The van der Waals surface area contributed by atoms with Gasteiger partial charge in [0.1, 0.15) is 11.6 Å². The van der Waals surface area contributed by atoms with Crippen LogP contribution in [0.25, 0.3) is 0 Å². The van der Waals surface area contributed by atoms with Crippen LogP contribution in [-0.4, -0.2) is 17.0 Å². The van der Waals surface area contributed by atoms with Crippen LogP contribution in [0.3, 0.4) is 0 Å². The van der Waals surface area contributed by atoms with E-state index in [-0.39, 0.29) is 0 Å². The number of hydrogen-bond donors (Lipinski definition) is 1. The number of nitrogens with two attached hydrogens (primary N) is 1. The van der Waals surface area contributed by atoms with Gasteiger partial charge in [0.25, 0.3) is 0 Å². The van der Waals surface area contributed by atoms with Crippen LogP contribution in [0.15, 0.2) is 23.0 Å². The van der Waals surface area contributed by atoms with Gasteiger partial charge in [-0.25, -0.2) is 9.97 Å². The van der Waals surface area contributed by atoms with Gasteiger partial charge in [0.15, 0.2) is 0 Å². The van der Waals surface area contributed by atoms with E-state index in [9.17, 15) is 0 Å². The van der Waals surface area contributed by atoms with Crippen LogP contribution in [0, 0.1) is 6.92 Å². The maximum atomic E-state index is 5.71. The van der Waals surface area contributed by atoms with Crippen molar-refractivity contribution in [2.75, 3.05) is 11.9 Å². The standard InChI is InChI=1S/C12H16N4S/c1-9-14-6-11(5-13)12(15-9)16(2)7-10-3-4-17-8-10/h3-4,6,8H,5,7,13H2,1-2H3. The number of aromatic nitrogens is 2. The summed E-state index contributed by atoms with van der Waals surface area (Å²) in [7, 11) is 2.03. The Bertz CT molecular complexity index is 481. The van der Waals surface area contributed by atoms with Gasteiger partial charge < -0.3 is 10.6 Å². The average molecular weight is 248 g/mol. The number of nitrogens with zero attached hydrogens (tertiary/aromatic N) is 3. The maximum absolute atomic E-state index is 5.71. The summed E-state index contributed by atoms with van der Waals surface area (Å²) in [6.45, 7) is 3.19. The smallest absolute Gasteiger partial charge is 0.136 e. The monoisotopic (exact) mass is 248 g/mol. The third-order valence-electron chi connectivity index (χ3n) is 2.54. The molecule has 0 aliphatic rings. The van der Waals surface area contributed by atoms with Crippen molar-refractivity contribution >= 4 is 17.2 Å². The molecule has 0 atom stereocenters. The molecule has 17 heavy (non-hydrogen) atoms. The summed E-state index contributed by atoms with van der Waals surface area (Å²) in [4.78, 5) is 10.7. The summed E-state index contributed by atoms with van der Waals surface area (Å²) in [5.74, 6) is 1.69. The topological polar surface area (TPSA) is 55.0 Å². The van der Waals surface area contributed by atoms with Gasteiger partial charge >= 0.3 is 0 Å². The van der Waals surface area contributed by atoms with Crippen molar-refractivity contribution < 1.29 is 0 Å². The van der Waals surface area contributed by atoms with Gasteiger partial charge in [-0.05, 0) is 29.3 Å². The Morgan fingerprint density at radius 1 is 1.47 bits per heavy atom. The zero-order chi connectivity index (χ0) is 12.3. The first-order valence-electron chi connectivity index (χ1n) is 5.45. The van der Waals surface area contributed by atoms with Crippen LogP contribution in [0.2, 0.25) is 0 Å². The highest BCUT2D eigenvalue weighted by Gasteiger charge is 2.10. The normalized spacial score (nSPS) is 10.5. The fraction of sp³-hybridized carbons (Fsp3) is 0.333. The first-order valence-corrected chi connectivity index (χ1v) is 6.39. The fourth-order valence-corrected chi connectivity index (χ4v) is 2.35. The lowest BCUT2D eigenvalue weighted by atomic mass is 10.2. The van der Waals surface area contributed by atoms with Gasteiger partial charge in [-0.2, -0.15) is 11.3 Å². The molecule has 0 spiro atoms. The zero-order valence-corrected chi connectivity index (χ0v) is 10.9. The molecule has 0 bridgehead atoms. The largest absolute Gasteiger partial charge is 0.355 e. The number of aryl methyl sites for hydroxylation is 1. The molecule has 2 heterocycles. The lowest BCUT2D eigenvalue weighted by molar-refractivity contribution is 0.854. The Balaban J connectivity index is 2.23. The van der Waals surface area contributed by atoms with E-state index < -0.39 is 0 Å². The van der Waals surface area contributed by atoms with Crippen molar-refractivity contribution in [2.24, 2.45) is 5.73 Å². The van der Waals surface area contributed by atoms with Crippen molar-refractivity contribution in [2.45, 2.75) is 20.0 Å². The van der Waals surface area contributed by atoms with E-state index in [1.165, 1.54) is 5.56 Å². The SMILES string of the molecule is Cc1ncc(CN)c(N(C)Cc2ccsc2)n1. The van der Waals surface area contributed by atoms with Gasteiger partial charge in [-0.15, -0.1) is 0 Å². The molecule has 2 aromatic heterocycles. The van der Waals surface area contributed by atoms with Crippen molar-refractivity contribution in [3.8, 4) is 0 Å². The fourth-order valence-electron chi connectivity index (χ4n) is 1.69. The molecule has 0 fully saturated rings. The number of hydrogen-bond acceptors (Lipinski definition) is 5. The third-order valence-corrected chi connectivity index (χ3v) is 3.28. The molecule has 0 amide bonds. The van der Waals surface area contributed by atoms with E-state index in [0.717, 1.165) is 23.8 Å². The van der Waals surface area contributed by atoms with Crippen molar-refractivity contribution in [1.82, 2.24) is 9.97 Å². The van der Waals surface area contributed by atoms with Crippen molar-refractivity contribution in [1.29, 1.82) is 0 Å². The van der Waals surface area contributed by atoms with Gasteiger partial charge in [0, 0.05) is 31.9 Å².